The summed E-state index contributed by atoms with van der Waals surface area (Å²) in [5, 5.41) is 0. The molecule has 14 heavy (non-hydrogen) atoms. The molecule has 1 aliphatic rings. The highest BCUT2D eigenvalue weighted by atomic mass is 15.1. The molecule has 0 aromatic carbocycles. The third-order valence-electron chi connectivity index (χ3n) is 3.15. The molecule has 1 unspecified atom stereocenters. The minimum atomic E-state index is 0.612. The van der Waals surface area contributed by atoms with E-state index in [0.29, 0.717) is 12.0 Å². The zero-order valence-electron chi connectivity index (χ0n) is 10.2. The maximum Gasteiger partial charge on any atom is 0.0199 e. The summed E-state index contributed by atoms with van der Waals surface area (Å²) in [5.41, 5.74) is 4.35. The summed E-state index contributed by atoms with van der Waals surface area (Å²) in [5.74, 6) is 0.612. The third-order valence-corrected chi connectivity index (χ3v) is 3.15. The summed E-state index contributed by atoms with van der Waals surface area (Å²) in [7, 11) is 2.20. The Morgan fingerprint density at radius 3 is 2.36 bits per heavy atom. The molecule has 0 bridgehead atoms. The van der Waals surface area contributed by atoms with E-state index >= 15 is 0 Å². The van der Waals surface area contributed by atoms with Gasteiger partial charge in [-0.05, 0) is 38.8 Å². The van der Waals surface area contributed by atoms with Crippen molar-refractivity contribution in [3.05, 3.63) is 23.3 Å². The molecule has 0 aromatic heterocycles. The van der Waals surface area contributed by atoms with Crippen molar-refractivity contribution in [2.45, 2.75) is 40.2 Å². The smallest absolute Gasteiger partial charge is 0.0199 e. The number of hydrogen-bond acceptors (Lipinski definition) is 1. The van der Waals surface area contributed by atoms with E-state index in [4.69, 9.17) is 0 Å². The van der Waals surface area contributed by atoms with E-state index in [1.807, 2.05) is 0 Å². The fraction of sp³-hybridized carbons (Fsp3) is 0.692. The number of allylic oxidation sites excluding steroid dienone is 2. The summed E-state index contributed by atoms with van der Waals surface area (Å²) in [6.45, 7) is 14.2. The highest BCUT2D eigenvalue weighted by Crippen LogP contribution is 2.30. The van der Waals surface area contributed by atoms with Crippen LogP contribution in [0.15, 0.2) is 23.3 Å². The molecule has 1 fully saturated rings. The quantitative estimate of drug-likeness (QED) is 0.651. The van der Waals surface area contributed by atoms with Crippen LogP contribution in [0.5, 0.6) is 0 Å². The Labute approximate surface area is 88.5 Å². The van der Waals surface area contributed by atoms with Gasteiger partial charge < -0.3 is 0 Å². The van der Waals surface area contributed by atoms with Gasteiger partial charge in [0.05, 0.1) is 0 Å². The number of nitrogens with zero attached hydrogens (tertiary/aromatic N) is 1. The molecule has 0 saturated carbocycles. The van der Waals surface area contributed by atoms with E-state index < -0.39 is 0 Å². The molecule has 0 spiro atoms. The first-order valence-electron chi connectivity index (χ1n) is 5.51. The van der Waals surface area contributed by atoms with Gasteiger partial charge in [-0.15, -0.1) is 0 Å². The summed E-state index contributed by atoms with van der Waals surface area (Å²) in [6, 6.07) is 0.693. The summed E-state index contributed by atoms with van der Waals surface area (Å²) in [6.07, 6.45) is 1.22. The Bertz CT molecular complexity index is 248. The monoisotopic (exact) mass is 193 g/mol. The Balaban J connectivity index is 2.96. The summed E-state index contributed by atoms with van der Waals surface area (Å²) >= 11 is 0. The Morgan fingerprint density at radius 1 is 1.50 bits per heavy atom. The van der Waals surface area contributed by atoms with Gasteiger partial charge in [-0.25, -0.2) is 0 Å². The molecule has 0 N–H and O–H groups in total. The fourth-order valence-corrected chi connectivity index (χ4v) is 2.43. The van der Waals surface area contributed by atoms with E-state index in [1.54, 1.807) is 5.57 Å². The van der Waals surface area contributed by atoms with Gasteiger partial charge in [-0.1, -0.05) is 31.6 Å². The van der Waals surface area contributed by atoms with Crippen molar-refractivity contribution in [1.82, 2.24) is 4.90 Å². The van der Waals surface area contributed by atoms with Crippen LogP contribution >= 0.6 is 0 Å². The lowest BCUT2D eigenvalue weighted by molar-refractivity contribution is 0.332. The highest BCUT2D eigenvalue weighted by molar-refractivity contribution is 5.36. The summed E-state index contributed by atoms with van der Waals surface area (Å²) < 4.78 is 0. The predicted octanol–water partition coefficient (Wildman–Crippen LogP) is 3.24. The second-order valence-corrected chi connectivity index (χ2v) is 4.92. The summed E-state index contributed by atoms with van der Waals surface area (Å²) in [4.78, 5) is 2.42. The molecule has 0 radical (unpaired) electrons. The molecule has 1 heteroatoms. The van der Waals surface area contributed by atoms with E-state index in [9.17, 15) is 0 Å². The van der Waals surface area contributed by atoms with Crippen LogP contribution < -0.4 is 0 Å². The second-order valence-electron chi connectivity index (χ2n) is 4.92. The molecule has 1 aliphatic heterocycles. The lowest BCUT2D eigenvalue weighted by atomic mass is 9.91. The van der Waals surface area contributed by atoms with Crippen molar-refractivity contribution < 1.29 is 0 Å². The van der Waals surface area contributed by atoms with Gasteiger partial charge in [0, 0.05) is 12.6 Å². The molecule has 0 amide bonds. The molecule has 80 valence electrons. The van der Waals surface area contributed by atoms with Crippen molar-refractivity contribution in [3.8, 4) is 0 Å². The number of likely N-dealkylation sites (N-methyl/N-ethyl adjacent to an activating group) is 1. The minimum Gasteiger partial charge on any atom is -0.299 e. The van der Waals surface area contributed by atoms with Crippen molar-refractivity contribution in [3.63, 3.8) is 0 Å². The zero-order chi connectivity index (χ0) is 10.9. The first-order chi connectivity index (χ1) is 6.43. The van der Waals surface area contributed by atoms with Gasteiger partial charge >= 0.3 is 0 Å². The average molecular weight is 193 g/mol. The highest BCUT2D eigenvalue weighted by Gasteiger charge is 2.24. The van der Waals surface area contributed by atoms with Crippen LogP contribution in [0.1, 0.15) is 34.1 Å². The molecule has 1 rings (SSSR count). The van der Waals surface area contributed by atoms with Crippen LogP contribution in [-0.2, 0) is 0 Å². The van der Waals surface area contributed by atoms with E-state index in [2.05, 4.69) is 46.2 Å². The maximum atomic E-state index is 4.09. The van der Waals surface area contributed by atoms with Gasteiger partial charge in [0.15, 0.2) is 0 Å². The SMILES string of the molecule is C=C(C)/C(=C1\CC(C)N(C)C1)C(C)C. The normalized spacial score (nSPS) is 27.1. The standard InChI is InChI=1S/C13H23N/c1-9(2)13(10(3)4)12-7-11(5)14(6)8-12/h10-11H,1,7-8H2,2-6H3/b13-12-. The van der Waals surface area contributed by atoms with E-state index in [0.717, 1.165) is 6.54 Å². The first-order valence-corrected chi connectivity index (χ1v) is 5.51. The van der Waals surface area contributed by atoms with Gasteiger partial charge in [0.2, 0.25) is 0 Å². The number of hydrogen-bond donors (Lipinski definition) is 0. The Hall–Kier alpha value is -0.560. The Kier molecular flexibility index (Phi) is 3.54. The number of rotatable bonds is 2. The lowest BCUT2D eigenvalue weighted by Crippen LogP contribution is -2.21. The lowest BCUT2D eigenvalue weighted by Gasteiger charge is -2.15. The Morgan fingerprint density at radius 2 is 2.07 bits per heavy atom. The molecular formula is C13H23N. The van der Waals surface area contributed by atoms with Crippen LogP contribution in [0.2, 0.25) is 0 Å². The molecule has 0 aliphatic carbocycles. The molecule has 1 atom stereocenters. The van der Waals surface area contributed by atoms with Crippen LogP contribution in [0.3, 0.4) is 0 Å². The van der Waals surface area contributed by atoms with Gasteiger partial charge in [0.25, 0.3) is 0 Å². The van der Waals surface area contributed by atoms with Crippen LogP contribution in [0.4, 0.5) is 0 Å². The largest absolute Gasteiger partial charge is 0.299 e. The fourth-order valence-electron chi connectivity index (χ4n) is 2.43. The van der Waals surface area contributed by atoms with Gasteiger partial charge in [-0.2, -0.15) is 0 Å². The van der Waals surface area contributed by atoms with Crippen LogP contribution in [0, 0.1) is 5.92 Å². The minimum absolute atomic E-state index is 0.612. The first kappa shape index (κ1) is 11.5. The molecule has 1 saturated heterocycles. The number of likely N-dealkylation sites (tertiary alicyclic amines) is 1. The van der Waals surface area contributed by atoms with Gasteiger partial charge in [-0.3, -0.25) is 4.90 Å². The second kappa shape index (κ2) is 4.31. The molecule has 1 nitrogen and oxygen atoms in total. The van der Waals surface area contributed by atoms with Crippen molar-refractivity contribution in [2.24, 2.45) is 5.92 Å². The topological polar surface area (TPSA) is 3.24 Å². The van der Waals surface area contributed by atoms with E-state index in [1.165, 1.54) is 17.6 Å². The van der Waals surface area contributed by atoms with Crippen molar-refractivity contribution in [1.29, 1.82) is 0 Å². The molecular weight excluding hydrogens is 170 g/mol. The third kappa shape index (κ3) is 2.27. The molecule has 1 heterocycles. The van der Waals surface area contributed by atoms with Crippen molar-refractivity contribution >= 4 is 0 Å². The zero-order valence-corrected chi connectivity index (χ0v) is 10.2. The van der Waals surface area contributed by atoms with E-state index in [-0.39, 0.29) is 0 Å². The predicted molar refractivity (Wildman–Crippen MR) is 63.4 cm³/mol. The molecule has 0 aromatic rings. The van der Waals surface area contributed by atoms with Crippen molar-refractivity contribution in [2.75, 3.05) is 13.6 Å². The van der Waals surface area contributed by atoms with Crippen LogP contribution in [-0.4, -0.2) is 24.5 Å². The average Bonchev–Trinajstić information content (AvgIpc) is 2.29. The van der Waals surface area contributed by atoms with Gasteiger partial charge in [0.1, 0.15) is 0 Å². The van der Waals surface area contributed by atoms with Crippen LogP contribution in [0.25, 0.3) is 0 Å². The maximum absolute atomic E-state index is 4.09.